The summed E-state index contributed by atoms with van der Waals surface area (Å²) < 4.78 is 18.1. The Morgan fingerprint density at radius 1 is 1.06 bits per heavy atom. The fraction of sp³-hybridized carbons (Fsp3) is 0.273. The molecule has 0 atom stereocenters. The zero-order valence-corrected chi connectivity index (χ0v) is 17.0. The van der Waals surface area contributed by atoms with E-state index >= 15 is 0 Å². The normalized spacial score (nSPS) is 14.3. The van der Waals surface area contributed by atoms with E-state index in [0.29, 0.717) is 48.9 Å². The Kier molecular flexibility index (Phi) is 5.92. The van der Waals surface area contributed by atoms with E-state index in [9.17, 15) is 14.0 Å². The van der Waals surface area contributed by atoms with Gasteiger partial charge in [0, 0.05) is 35.9 Å². The lowest BCUT2D eigenvalue weighted by Crippen LogP contribution is -2.47. The Hall–Kier alpha value is -3.75. The summed E-state index contributed by atoms with van der Waals surface area (Å²) in [5.74, 6) is 0.560. The van der Waals surface area contributed by atoms with E-state index in [2.05, 4.69) is 20.8 Å². The standard InChI is InChI=1S/C22H22FN5O3/c1-14-24-20(31-27-14)15-2-4-16(5-3-15)21(29)28-12-10-19(11-13-28)26-22(30)25-18-8-6-17(23)7-9-18/h2-9,19H,10-13H2,1H3,(H2,25,26,30). The summed E-state index contributed by atoms with van der Waals surface area (Å²) in [7, 11) is 0. The predicted octanol–water partition coefficient (Wildman–Crippen LogP) is 3.61. The second-order valence-corrected chi connectivity index (χ2v) is 7.40. The van der Waals surface area contributed by atoms with Crippen LogP contribution < -0.4 is 10.6 Å². The highest BCUT2D eigenvalue weighted by atomic mass is 19.1. The van der Waals surface area contributed by atoms with Crippen LogP contribution in [0.4, 0.5) is 14.9 Å². The van der Waals surface area contributed by atoms with Gasteiger partial charge < -0.3 is 20.1 Å². The molecule has 0 bridgehead atoms. The summed E-state index contributed by atoms with van der Waals surface area (Å²) in [5, 5.41) is 9.35. The molecule has 1 fully saturated rings. The molecule has 1 aromatic heterocycles. The van der Waals surface area contributed by atoms with Crippen molar-refractivity contribution in [3.05, 3.63) is 65.7 Å². The van der Waals surface area contributed by atoms with Crippen LogP contribution in [0, 0.1) is 12.7 Å². The van der Waals surface area contributed by atoms with Crippen molar-refractivity contribution >= 4 is 17.6 Å². The molecular weight excluding hydrogens is 401 g/mol. The molecule has 160 valence electrons. The number of aryl methyl sites for hydroxylation is 1. The minimum atomic E-state index is -0.359. The molecule has 9 heteroatoms. The third-order valence-electron chi connectivity index (χ3n) is 5.13. The van der Waals surface area contributed by atoms with Crippen LogP contribution in [0.5, 0.6) is 0 Å². The Labute approximate surface area is 178 Å². The number of benzene rings is 2. The van der Waals surface area contributed by atoms with Gasteiger partial charge in [-0.05, 0) is 68.3 Å². The molecule has 4 rings (SSSR count). The third kappa shape index (κ3) is 5.06. The van der Waals surface area contributed by atoms with Crippen molar-refractivity contribution in [2.24, 2.45) is 0 Å². The number of piperidine rings is 1. The summed E-state index contributed by atoms with van der Waals surface area (Å²) in [4.78, 5) is 30.9. The van der Waals surface area contributed by atoms with Gasteiger partial charge in [-0.25, -0.2) is 9.18 Å². The van der Waals surface area contributed by atoms with E-state index in [1.807, 2.05) is 0 Å². The highest BCUT2D eigenvalue weighted by molar-refractivity contribution is 5.94. The van der Waals surface area contributed by atoms with Gasteiger partial charge in [-0.2, -0.15) is 4.98 Å². The number of rotatable bonds is 4. The Morgan fingerprint density at radius 2 is 1.74 bits per heavy atom. The van der Waals surface area contributed by atoms with E-state index in [4.69, 9.17) is 4.52 Å². The number of urea groups is 1. The fourth-order valence-corrected chi connectivity index (χ4v) is 3.46. The highest BCUT2D eigenvalue weighted by Crippen LogP contribution is 2.20. The second kappa shape index (κ2) is 8.95. The van der Waals surface area contributed by atoms with E-state index in [1.165, 1.54) is 24.3 Å². The lowest BCUT2D eigenvalue weighted by molar-refractivity contribution is 0.0709. The molecule has 2 aromatic carbocycles. The second-order valence-electron chi connectivity index (χ2n) is 7.40. The number of nitrogens with one attached hydrogen (secondary N) is 2. The summed E-state index contributed by atoms with van der Waals surface area (Å²) in [6.45, 7) is 2.84. The van der Waals surface area contributed by atoms with Crippen molar-refractivity contribution in [3.63, 3.8) is 0 Å². The van der Waals surface area contributed by atoms with Crippen molar-refractivity contribution < 1.29 is 18.5 Å². The first-order valence-corrected chi connectivity index (χ1v) is 10.0. The minimum Gasteiger partial charge on any atom is -0.338 e. The van der Waals surface area contributed by atoms with E-state index in [-0.39, 0.29) is 23.8 Å². The Bertz CT molecular complexity index is 1060. The van der Waals surface area contributed by atoms with Gasteiger partial charge in [0.25, 0.3) is 11.8 Å². The predicted molar refractivity (Wildman–Crippen MR) is 112 cm³/mol. The van der Waals surface area contributed by atoms with Gasteiger partial charge in [-0.1, -0.05) is 5.16 Å². The van der Waals surface area contributed by atoms with Crippen LogP contribution in [0.1, 0.15) is 29.0 Å². The zero-order valence-electron chi connectivity index (χ0n) is 17.0. The molecule has 0 spiro atoms. The molecule has 0 radical (unpaired) electrons. The average molecular weight is 423 g/mol. The molecule has 0 saturated carbocycles. The average Bonchev–Trinajstić information content (AvgIpc) is 3.22. The van der Waals surface area contributed by atoms with Crippen molar-refractivity contribution in [3.8, 4) is 11.5 Å². The maximum Gasteiger partial charge on any atom is 0.319 e. The first-order valence-electron chi connectivity index (χ1n) is 10.0. The number of anilines is 1. The number of nitrogens with zero attached hydrogens (tertiary/aromatic N) is 3. The van der Waals surface area contributed by atoms with Crippen molar-refractivity contribution in [1.29, 1.82) is 0 Å². The number of halogens is 1. The number of amides is 3. The van der Waals surface area contributed by atoms with Crippen LogP contribution in [-0.4, -0.2) is 46.1 Å². The summed E-state index contributed by atoms with van der Waals surface area (Å²) >= 11 is 0. The molecule has 1 aliphatic rings. The largest absolute Gasteiger partial charge is 0.338 e. The molecule has 3 aromatic rings. The number of likely N-dealkylation sites (tertiary alicyclic amines) is 1. The van der Waals surface area contributed by atoms with Gasteiger partial charge in [0.1, 0.15) is 5.82 Å². The number of hydrogen-bond donors (Lipinski definition) is 2. The number of carbonyl (C=O) groups excluding carboxylic acids is 2. The molecular formula is C22H22FN5O3. The molecule has 3 amide bonds. The lowest BCUT2D eigenvalue weighted by Gasteiger charge is -2.32. The van der Waals surface area contributed by atoms with Crippen LogP contribution in [0.2, 0.25) is 0 Å². The van der Waals surface area contributed by atoms with Crippen molar-refractivity contribution in [2.75, 3.05) is 18.4 Å². The smallest absolute Gasteiger partial charge is 0.319 e. The number of carbonyl (C=O) groups is 2. The van der Waals surface area contributed by atoms with Crippen molar-refractivity contribution in [2.45, 2.75) is 25.8 Å². The van der Waals surface area contributed by atoms with Crippen LogP contribution in [-0.2, 0) is 0 Å². The minimum absolute atomic E-state index is 0.0346. The topological polar surface area (TPSA) is 100 Å². The molecule has 31 heavy (non-hydrogen) atoms. The quantitative estimate of drug-likeness (QED) is 0.668. The van der Waals surface area contributed by atoms with Gasteiger partial charge in [-0.3, -0.25) is 4.79 Å². The third-order valence-corrected chi connectivity index (χ3v) is 5.13. The van der Waals surface area contributed by atoms with Gasteiger partial charge in [0.05, 0.1) is 0 Å². The van der Waals surface area contributed by atoms with E-state index < -0.39 is 0 Å². The zero-order chi connectivity index (χ0) is 21.8. The van der Waals surface area contributed by atoms with E-state index in [1.54, 1.807) is 36.1 Å². The monoisotopic (exact) mass is 423 g/mol. The molecule has 1 aliphatic heterocycles. The number of aromatic nitrogens is 2. The molecule has 0 aliphatic carbocycles. The Balaban J connectivity index is 1.27. The van der Waals surface area contributed by atoms with Crippen LogP contribution in [0.25, 0.3) is 11.5 Å². The van der Waals surface area contributed by atoms with Crippen LogP contribution in [0.3, 0.4) is 0 Å². The van der Waals surface area contributed by atoms with Gasteiger partial charge >= 0.3 is 6.03 Å². The highest BCUT2D eigenvalue weighted by Gasteiger charge is 2.24. The maximum absolute atomic E-state index is 12.9. The van der Waals surface area contributed by atoms with Crippen LogP contribution in [0.15, 0.2) is 53.1 Å². The summed E-state index contributed by atoms with van der Waals surface area (Å²) in [5.41, 5.74) is 1.86. The SMILES string of the molecule is Cc1noc(-c2ccc(C(=O)N3CCC(NC(=O)Nc4ccc(F)cc4)CC3)cc2)n1. The van der Waals surface area contributed by atoms with Gasteiger partial charge in [-0.15, -0.1) is 0 Å². The molecule has 2 N–H and O–H groups in total. The first-order chi connectivity index (χ1) is 15.0. The number of hydrogen-bond acceptors (Lipinski definition) is 5. The Morgan fingerprint density at radius 3 is 2.35 bits per heavy atom. The van der Waals surface area contributed by atoms with Crippen molar-refractivity contribution in [1.82, 2.24) is 20.4 Å². The molecule has 8 nitrogen and oxygen atoms in total. The molecule has 0 unspecified atom stereocenters. The van der Waals surface area contributed by atoms with Crippen LogP contribution >= 0.6 is 0 Å². The van der Waals surface area contributed by atoms with E-state index in [0.717, 1.165) is 5.56 Å². The molecule has 1 saturated heterocycles. The summed E-state index contributed by atoms with van der Waals surface area (Å²) in [6, 6.07) is 12.3. The maximum atomic E-state index is 12.9. The summed E-state index contributed by atoms with van der Waals surface area (Å²) in [6.07, 6.45) is 1.31. The molecule has 2 heterocycles. The first kappa shape index (κ1) is 20.5. The lowest BCUT2D eigenvalue weighted by atomic mass is 10.0. The van der Waals surface area contributed by atoms with Gasteiger partial charge in [0.15, 0.2) is 5.82 Å². The van der Waals surface area contributed by atoms with Gasteiger partial charge in [0.2, 0.25) is 0 Å². The fourth-order valence-electron chi connectivity index (χ4n) is 3.46.